The van der Waals surface area contributed by atoms with E-state index in [1.165, 1.54) is 0 Å². The average molecular weight is 716 g/mol. The Bertz CT molecular complexity index is 1240. The van der Waals surface area contributed by atoms with Crippen LogP contribution in [0.5, 0.6) is 11.5 Å². The Kier molecular flexibility index (Phi) is 7.51. The van der Waals surface area contributed by atoms with Gasteiger partial charge in [-0.2, -0.15) is 0 Å². The van der Waals surface area contributed by atoms with Gasteiger partial charge in [0.05, 0.1) is 10.7 Å². The zero-order chi connectivity index (χ0) is 22.7. The number of carbonyl (C=O) groups excluding carboxylic acids is 1. The number of hydrogen-bond donors (Lipinski definition) is 0. The molecular formula is C24H16BrI2NO4. The maximum Gasteiger partial charge on any atom is 0.363 e. The second-order valence-electron chi connectivity index (χ2n) is 6.80. The van der Waals surface area contributed by atoms with Gasteiger partial charge in [-0.25, -0.2) is 9.79 Å². The van der Waals surface area contributed by atoms with Crippen LogP contribution >= 0.6 is 61.1 Å². The summed E-state index contributed by atoms with van der Waals surface area (Å²) in [5.74, 6) is 1.03. The maximum absolute atomic E-state index is 12.3. The van der Waals surface area contributed by atoms with Crippen molar-refractivity contribution in [2.45, 2.75) is 6.61 Å². The molecule has 1 aliphatic rings. The molecule has 0 atom stereocenters. The lowest BCUT2D eigenvalue weighted by Crippen LogP contribution is -2.05. The smallest absolute Gasteiger partial charge is 0.363 e. The van der Waals surface area contributed by atoms with Gasteiger partial charge in [0.1, 0.15) is 6.61 Å². The Morgan fingerprint density at radius 1 is 1.09 bits per heavy atom. The van der Waals surface area contributed by atoms with Crippen molar-refractivity contribution in [3.8, 4) is 11.5 Å². The van der Waals surface area contributed by atoms with E-state index >= 15 is 0 Å². The van der Waals surface area contributed by atoms with Crippen LogP contribution in [0.25, 0.3) is 6.08 Å². The molecule has 0 saturated carbocycles. The number of nitrogens with zero attached hydrogens (tertiary/aromatic N) is 1. The van der Waals surface area contributed by atoms with Crippen molar-refractivity contribution in [2.75, 3.05) is 7.11 Å². The highest BCUT2D eigenvalue weighted by Crippen LogP contribution is 2.35. The molecule has 5 nitrogen and oxygen atoms in total. The number of cyclic esters (lactones) is 1. The minimum Gasteiger partial charge on any atom is -0.493 e. The Morgan fingerprint density at radius 2 is 1.88 bits per heavy atom. The molecular weight excluding hydrogens is 700 g/mol. The maximum atomic E-state index is 12.3. The third-order valence-electron chi connectivity index (χ3n) is 4.54. The summed E-state index contributed by atoms with van der Waals surface area (Å²) in [5, 5.41) is 0. The van der Waals surface area contributed by atoms with E-state index in [9.17, 15) is 4.79 Å². The van der Waals surface area contributed by atoms with Gasteiger partial charge in [-0.05, 0) is 111 Å². The second kappa shape index (κ2) is 10.3. The van der Waals surface area contributed by atoms with Crippen molar-refractivity contribution >= 4 is 79.1 Å². The Balaban J connectivity index is 1.59. The molecule has 1 aliphatic heterocycles. The highest BCUT2D eigenvalue weighted by atomic mass is 127. The first-order valence-electron chi connectivity index (χ1n) is 9.46. The number of methoxy groups -OCH3 is 1. The largest absolute Gasteiger partial charge is 0.493 e. The van der Waals surface area contributed by atoms with Gasteiger partial charge < -0.3 is 14.2 Å². The van der Waals surface area contributed by atoms with Crippen LogP contribution in [0.2, 0.25) is 0 Å². The summed E-state index contributed by atoms with van der Waals surface area (Å²) >= 11 is 7.87. The number of esters is 1. The van der Waals surface area contributed by atoms with E-state index in [0.29, 0.717) is 18.1 Å². The molecule has 0 unspecified atom stereocenters. The summed E-state index contributed by atoms with van der Waals surface area (Å²) in [6, 6.07) is 19.3. The lowest BCUT2D eigenvalue weighted by molar-refractivity contribution is -0.129. The fourth-order valence-corrected chi connectivity index (χ4v) is 4.68. The van der Waals surface area contributed by atoms with Gasteiger partial charge in [-0.15, -0.1) is 0 Å². The predicted octanol–water partition coefficient (Wildman–Crippen LogP) is 6.59. The van der Waals surface area contributed by atoms with Gasteiger partial charge >= 0.3 is 5.97 Å². The molecule has 0 saturated heterocycles. The van der Waals surface area contributed by atoms with Crippen LogP contribution in [-0.2, 0) is 16.1 Å². The van der Waals surface area contributed by atoms with Gasteiger partial charge in [0.15, 0.2) is 17.2 Å². The summed E-state index contributed by atoms with van der Waals surface area (Å²) in [5.41, 5.74) is 2.80. The van der Waals surface area contributed by atoms with E-state index in [1.807, 2.05) is 54.6 Å². The molecule has 3 aromatic rings. The molecule has 4 rings (SSSR count). The number of carbonyl (C=O) groups is 1. The van der Waals surface area contributed by atoms with Gasteiger partial charge in [0.25, 0.3) is 0 Å². The summed E-state index contributed by atoms with van der Waals surface area (Å²) in [6.45, 7) is 0.427. The van der Waals surface area contributed by atoms with E-state index < -0.39 is 5.97 Å². The second-order valence-corrected chi connectivity index (χ2v) is 10.1. The molecule has 0 spiro atoms. The lowest BCUT2D eigenvalue weighted by atomic mass is 10.1. The third kappa shape index (κ3) is 5.52. The van der Waals surface area contributed by atoms with E-state index in [1.54, 1.807) is 13.2 Å². The zero-order valence-electron chi connectivity index (χ0n) is 16.8. The first-order chi connectivity index (χ1) is 15.4. The van der Waals surface area contributed by atoms with Crippen LogP contribution in [0.3, 0.4) is 0 Å². The zero-order valence-corrected chi connectivity index (χ0v) is 22.7. The molecule has 1 heterocycles. The number of halogens is 3. The van der Waals surface area contributed by atoms with Gasteiger partial charge in [-0.3, -0.25) is 0 Å². The van der Waals surface area contributed by atoms with E-state index in [-0.39, 0.29) is 11.6 Å². The third-order valence-corrected chi connectivity index (χ3v) is 6.54. The predicted molar refractivity (Wildman–Crippen MR) is 144 cm³/mol. The first kappa shape index (κ1) is 23.2. The summed E-state index contributed by atoms with van der Waals surface area (Å²) < 4.78 is 19.9. The van der Waals surface area contributed by atoms with Crippen LogP contribution in [-0.4, -0.2) is 19.0 Å². The summed E-state index contributed by atoms with van der Waals surface area (Å²) in [4.78, 5) is 16.7. The normalized spacial score (nSPS) is 14.3. The molecule has 8 heteroatoms. The van der Waals surface area contributed by atoms with Crippen molar-refractivity contribution in [1.82, 2.24) is 0 Å². The fraction of sp³-hybridized carbons (Fsp3) is 0.0833. The summed E-state index contributed by atoms with van der Waals surface area (Å²) in [6.07, 6.45) is 1.68. The fourth-order valence-electron chi connectivity index (χ4n) is 3.03. The monoisotopic (exact) mass is 715 g/mol. The highest BCUT2D eigenvalue weighted by Gasteiger charge is 2.24. The molecule has 32 heavy (non-hydrogen) atoms. The van der Waals surface area contributed by atoms with Crippen LogP contribution in [0.1, 0.15) is 16.7 Å². The molecule has 0 aromatic heterocycles. The Labute approximate surface area is 221 Å². The van der Waals surface area contributed by atoms with E-state index in [4.69, 9.17) is 14.2 Å². The van der Waals surface area contributed by atoms with Crippen molar-refractivity contribution in [1.29, 1.82) is 0 Å². The topological polar surface area (TPSA) is 57.1 Å². The van der Waals surface area contributed by atoms with Crippen LogP contribution in [0.4, 0.5) is 0 Å². The molecule has 0 bridgehead atoms. The number of ether oxygens (including phenoxy) is 3. The number of aliphatic imine (C=N–C) groups is 1. The van der Waals surface area contributed by atoms with Gasteiger partial charge in [0.2, 0.25) is 5.90 Å². The standard InChI is InChI=1S/C24H16BrI2NO4/c1-30-21-12-15(10-19(27)22(21)31-13-14-3-2-4-18(26)9-14)11-20-24(29)32-23(28-20)16-5-7-17(25)8-6-16/h2-12H,13H2,1H3/b20-11-. The van der Waals surface area contributed by atoms with Crippen molar-refractivity contribution in [2.24, 2.45) is 4.99 Å². The molecule has 3 aromatic carbocycles. The van der Waals surface area contributed by atoms with Crippen LogP contribution in [0.15, 0.2) is 75.8 Å². The average Bonchev–Trinajstić information content (AvgIpc) is 3.13. The van der Waals surface area contributed by atoms with Crippen LogP contribution < -0.4 is 9.47 Å². The molecule has 0 amide bonds. The van der Waals surface area contributed by atoms with Crippen molar-refractivity contribution in [3.63, 3.8) is 0 Å². The van der Waals surface area contributed by atoms with Crippen LogP contribution in [0, 0.1) is 7.14 Å². The Morgan fingerprint density at radius 3 is 2.59 bits per heavy atom. The van der Waals surface area contributed by atoms with Crippen molar-refractivity contribution in [3.05, 3.63) is 94.7 Å². The molecule has 0 fully saturated rings. The lowest BCUT2D eigenvalue weighted by Gasteiger charge is -2.14. The SMILES string of the molecule is COc1cc(/C=C2\N=C(c3ccc(Br)cc3)OC2=O)cc(I)c1OCc1cccc(I)c1. The van der Waals surface area contributed by atoms with Gasteiger partial charge in [-0.1, -0.05) is 28.1 Å². The molecule has 162 valence electrons. The minimum absolute atomic E-state index is 0.230. The minimum atomic E-state index is -0.490. The number of rotatable bonds is 6. The molecule has 0 N–H and O–H groups in total. The van der Waals surface area contributed by atoms with Crippen molar-refractivity contribution < 1.29 is 19.0 Å². The van der Waals surface area contributed by atoms with Gasteiger partial charge in [0, 0.05) is 13.6 Å². The molecule has 0 radical (unpaired) electrons. The molecule has 0 aliphatic carbocycles. The Hall–Kier alpha value is -1.92. The number of benzene rings is 3. The summed E-state index contributed by atoms with van der Waals surface area (Å²) in [7, 11) is 1.59. The highest BCUT2D eigenvalue weighted by molar-refractivity contribution is 14.1. The van der Waals surface area contributed by atoms with E-state index in [0.717, 1.165) is 28.3 Å². The quantitative estimate of drug-likeness (QED) is 0.164. The number of hydrogen-bond acceptors (Lipinski definition) is 5. The first-order valence-corrected chi connectivity index (χ1v) is 12.4. The van der Waals surface area contributed by atoms with E-state index in [2.05, 4.69) is 72.2 Å².